The number of amides is 2. The fourth-order valence-corrected chi connectivity index (χ4v) is 4.57. The molecule has 2 aliphatic rings. The van der Waals surface area contributed by atoms with E-state index in [4.69, 9.17) is 5.73 Å². The van der Waals surface area contributed by atoms with Gasteiger partial charge in [0.05, 0.1) is 17.7 Å². The van der Waals surface area contributed by atoms with Gasteiger partial charge in [-0.1, -0.05) is 42.8 Å². The normalized spacial score (nSPS) is 18.2. The van der Waals surface area contributed by atoms with Crippen molar-refractivity contribution in [3.63, 3.8) is 0 Å². The van der Waals surface area contributed by atoms with Crippen LogP contribution in [0.3, 0.4) is 0 Å². The van der Waals surface area contributed by atoms with Crippen LogP contribution >= 0.6 is 0 Å². The lowest BCUT2D eigenvalue weighted by Crippen LogP contribution is -2.45. The fourth-order valence-electron chi connectivity index (χ4n) is 4.57. The molecule has 2 aromatic rings. The maximum Gasteiger partial charge on any atom is 0.250 e. The van der Waals surface area contributed by atoms with Gasteiger partial charge in [0.25, 0.3) is 5.91 Å². The zero-order chi connectivity index (χ0) is 20.3. The van der Waals surface area contributed by atoms with E-state index in [9.17, 15) is 9.59 Å². The van der Waals surface area contributed by atoms with Crippen molar-refractivity contribution in [1.82, 2.24) is 4.90 Å². The highest BCUT2D eigenvalue weighted by Crippen LogP contribution is 2.45. The topological polar surface area (TPSA) is 75.4 Å². The van der Waals surface area contributed by atoms with Crippen molar-refractivity contribution in [3.05, 3.63) is 71.6 Å². The fraction of sp³-hybridized carbons (Fsp3) is 0.375. The zero-order valence-electron chi connectivity index (χ0n) is 16.7. The maximum absolute atomic E-state index is 12.4. The van der Waals surface area contributed by atoms with E-state index in [-0.39, 0.29) is 11.3 Å². The number of likely N-dealkylation sites (tertiary alicyclic amines) is 1. The SMILES string of the molecule is NC(=O)c1cc(C2(CN3CCCC3)CCC2)ccc1NC(=O)[CH]c1ccccc1. The molecule has 1 aliphatic carbocycles. The number of nitrogens with two attached hydrogens (primary N) is 1. The first-order valence-electron chi connectivity index (χ1n) is 10.4. The Bertz CT molecular complexity index is 884. The van der Waals surface area contributed by atoms with Crippen LogP contribution in [-0.4, -0.2) is 36.3 Å². The third-order valence-electron chi connectivity index (χ3n) is 6.29. The summed E-state index contributed by atoms with van der Waals surface area (Å²) in [6, 6.07) is 15.2. The molecule has 1 aliphatic heterocycles. The van der Waals surface area contributed by atoms with Gasteiger partial charge < -0.3 is 16.0 Å². The van der Waals surface area contributed by atoms with Crippen molar-refractivity contribution in [2.75, 3.05) is 25.0 Å². The number of carbonyl (C=O) groups is 2. The first-order valence-corrected chi connectivity index (χ1v) is 10.4. The molecule has 1 saturated heterocycles. The predicted molar refractivity (Wildman–Crippen MR) is 115 cm³/mol. The minimum absolute atomic E-state index is 0.104. The molecular weight excluding hydrogens is 362 g/mol. The van der Waals surface area contributed by atoms with Gasteiger partial charge in [-0.05, 0) is 62.0 Å². The Kier molecular flexibility index (Phi) is 5.67. The maximum atomic E-state index is 12.4. The van der Waals surface area contributed by atoms with Crippen LogP contribution in [0, 0.1) is 6.42 Å². The molecule has 2 fully saturated rings. The third-order valence-corrected chi connectivity index (χ3v) is 6.29. The van der Waals surface area contributed by atoms with E-state index in [1.807, 2.05) is 42.5 Å². The predicted octanol–water partition coefficient (Wildman–Crippen LogP) is 3.49. The molecule has 0 atom stereocenters. The standard InChI is InChI=1S/C24H28N3O2/c25-23(29)20-16-19(24(11-6-12-24)17-27-13-4-5-14-27)9-10-21(20)26-22(28)15-18-7-2-1-3-8-18/h1-3,7-10,15-16H,4-6,11-14,17H2,(H2,25,29)(H,26,28). The highest BCUT2D eigenvalue weighted by atomic mass is 16.2. The van der Waals surface area contributed by atoms with E-state index in [0.717, 1.165) is 43.6 Å². The minimum atomic E-state index is -0.516. The number of rotatable bonds is 7. The lowest BCUT2D eigenvalue weighted by molar-refractivity contribution is -0.112. The molecule has 4 rings (SSSR count). The Balaban J connectivity index is 1.53. The van der Waals surface area contributed by atoms with Crippen molar-refractivity contribution < 1.29 is 9.59 Å². The van der Waals surface area contributed by atoms with E-state index < -0.39 is 5.91 Å². The van der Waals surface area contributed by atoms with Crippen molar-refractivity contribution >= 4 is 17.5 Å². The summed E-state index contributed by atoms with van der Waals surface area (Å²) >= 11 is 0. The highest BCUT2D eigenvalue weighted by Gasteiger charge is 2.40. The Labute approximate surface area is 172 Å². The van der Waals surface area contributed by atoms with Gasteiger partial charge in [0, 0.05) is 12.0 Å². The van der Waals surface area contributed by atoms with E-state index in [0.29, 0.717) is 11.3 Å². The van der Waals surface area contributed by atoms with E-state index in [2.05, 4.69) is 16.3 Å². The molecule has 0 unspecified atom stereocenters. The van der Waals surface area contributed by atoms with Gasteiger partial charge in [0.1, 0.15) is 0 Å². The molecule has 1 radical (unpaired) electrons. The minimum Gasteiger partial charge on any atom is -0.366 e. The molecule has 0 spiro atoms. The van der Waals surface area contributed by atoms with Crippen LogP contribution in [0.15, 0.2) is 48.5 Å². The van der Waals surface area contributed by atoms with Crippen molar-refractivity contribution in [1.29, 1.82) is 0 Å². The molecule has 0 aromatic heterocycles. The quantitative estimate of drug-likeness (QED) is 0.760. The average molecular weight is 391 g/mol. The van der Waals surface area contributed by atoms with Crippen molar-refractivity contribution in [2.24, 2.45) is 5.73 Å². The van der Waals surface area contributed by atoms with Gasteiger partial charge in [0.2, 0.25) is 5.91 Å². The third kappa shape index (κ3) is 4.35. The van der Waals surface area contributed by atoms with Gasteiger partial charge >= 0.3 is 0 Å². The average Bonchev–Trinajstić information content (AvgIpc) is 3.19. The largest absolute Gasteiger partial charge is 0.366 e. The molecule has 3 N–H and O–H groups in total. The summed E-state index contributed by atoms with van der Waals surface area (Å²) in [6.45, 7) is 3.36. The zero-order valence-corrected chi connectivity index (χ0v) is 16.7. The van der Waals surface area contributed by atoms with E-state index >= 15 is 0 Å². The van der Waals surface area contributed by atoms with Crippen LogP contribution in [0.1, 0.15) is 53.6 Å². The summed E-state index contributed by atoms with van der Waals surface area (Å²) in [5, 5.41) is 2.82. The molecule has 151 valence electrons. The molecule has 0 bridgehead atoms. The van der Waals surface area contributed by atoms with Crippen LogP contribution in [0.4, 0.5) is 5.69 Å². The number of hydrogen-bond acceptors (Lipinski definition) is 3. The summed E-state index contributed by atoms with van der Waals surface area (Å²) in [4.78, 5) is 27.1. The van der Waals surface area contributed by atoms with Crippen LogP contribution in [-0.2, 0) is 10.2 Å². The summed E-state index contributed by atoms with van der Waals surface area (Å²) in [6.07, 6.45) is 7.53. The van der Waals surface area contributed by atoms with Gasteiger partial charge in [-0.2, -0.15) is 0 Å². The van der Waals surface area contributed by atoms with Gasteiger partial charge in [-0.25, -0.2) is 0 Å². The van der Waals surface area contributed by atoms with Crippen molar-refractivity contribution in [3.8, 4) is 0 Å². The molecule has 1 saturated carbocycles. The number of hydrogen-bond donors (Lipinski definition) is 2. The molecule has 5 nitrogen and oxygen atoms in total. The second kappa shape index (κ2) is 8.37. The first kappa shape index (κ1) is 19.6. The van der Waals surface area contributed by atoms with E-state index in [1.165, 1.54) is 25.7 Å². The van der Waals surface area contributed by atoms with Gasteiger partial charge in [0.15, 0.2) is 0 Å². The number of nitrogens with zero attached hydrogens (tertiary/aromatic N) is 1. The Morgan fingerprint density at radius 1 is 1.03 bits per heavy atom. The lowest BCUT2D eigenvalue weighted by Gasteiger charge is -2.45. The van der Waals surface area contributed by atoms with Gasteiger partial charge in [-0.3, -0.25) is 9.59 Å². The number of nitrogens with one attached hydrogen (secondary N) is 1. The van der Waals surface area contributed by atoms with Crippen LogP contribution in [0.25, 0.3) is 0 Å². The Morgan fingerprint density at radius 2 is 1.76 bits per heavy atom. The molecule has 2 aromatic carbocycles. The summed E-state index contributed by atoms with van der Waals surface area (Å²) < 4.78 is 0. The van der Waals surface area contributed by atoms with Gasteiger partial charge in [-0.15, -0.1) is 0 Å². The van der Waals surface area contributed by atoms with Crippen molar-refractivity contribution in [2.45, 2.75) is 37.5 Å². The second-order valence-corrected chi connectivity index (χ2v) is 8.29. The van der Waals surface area contributed by atoms with Crippen LogP contribution in [0.5, 0.6) is 0 Å². The number of carbonyl (C=O) groups excluding carboxylic acids is 2. The molecule has 1 heterocycles. The molecule has 5 heteroatoms. The molecule has 29 heavy (non-hydrogen) atoms. The second-order valence-electron chi connectivity index (χ2n) is 8.29. The summed E-state index contributed by atoms with van der Waals surface area (Å²) in [5.41, 5.74) is 8.59. The summed E-state index contributed by atoms with van der Waals surface area (Å²) in [5.74, 6) is -0.792. The number of anilines is 1. The Morgan fingerprint density at radius 3 is 2.38 bits per heavy atom. The lowest BCUT2D eigenvalue weighted by atomic mass is 9.64. The van der Waals surface area contributed by atoms with Crippen LogP contribution < -0.4 is 11.1 Å². The number of benzene rings is 2. The summed E-state index contributed by atoms with van der Waals surface area (Å²) in [7, 11) is 0. The Hall–Kier alpha value is -2.66. The van der Waals surface area contributed by atoms with Crippen LogP contribution in [0.2, 0.25) is 0 Å². The monoisotopic (exact) mass is 390 g/mol. The number of primary amides is 1. The first-order chi connectivity index (χ1) is 14.1. The smallest absolute Gasteiger partial charge is 0.250 e. The molecule has 2 amide bonds. The molecular formula is C24H28N3O2. The highest BCUT2D eigenvalue weighted by molar-refractivity contribution is 6.06. The van der Waals surface area contributed by atoms with E-state index in [1.54, 1.807) is 0 Å².